The van der Waals surface area contributed by atoms with Crippen LogP contribution in [0.2, 0.25) is 5.02 Å². The Kier molecular flexibility index (Phi) is 4.72. The van der Waals surface area contributed by atoms with Crippen LogP contribution < -0.4 is 5.32 Å². The number of nitrogens with one attached hydrogen (secondary N) is 1. The first kappa shape index (κ1) is 17.8. The SMILES string of the molecule is Cc1cnc2c(Nc3ccc(C(=O)N4CCC(O)CC4)c(Cl)c3)nccn12. The van der Waals surface area contributed by atoms with Crippen LogP contribution in [0.15, 0.2) is 36.8 Å². The van der Waals surface area contributed by atoms with Gasteiger partial charge in [0.15, 0.2) is 11.5 Å². The number of hydrogen-bond acceptors (Lipinski definition) is 5. The second-order valence-electron chi connectivity index (χ2n) is 6.71. The van der Waals surface area contributed by atoms with Gasteiger partial charge in [0.2, 0.25) is 0 Å². The fourth-order valence-corrected chi connectivity index (χ4v) is 3.53. The smallest absolute Gasteiger partial charge is 0.255 e. The summed E-state index contributed by atoms with van der Waals surface area (Å²) < 4.78 is 1.94. The Balaban J connectivity index is 1.55. The molecule has 1 aliphatic rings. The molecule has 2 aromatic heterocycles. The number of aliphatic hydroxyl groups excluding tert-OH is 1. The molecule has 0 atom stereocenters. The molecule has 0 aliphatic carbocycles. The van der Waals surface area contributed by atoms with Crippen LogP contribution in [-0.2, 0) is 0 Å². The molecule has 1 fully saturated rings. The van der Waals surface area contributed by atoms with Crippen molar-refractivity contribution >= 4 is 34.7 Å². The summed E-state index contributed by atoms with van der Waals surface area (Å²) in [5.41, 5.74) is 2.92. The number of fused-ring (bicyclic) bond motifs is 1. The second kappa shape index (κ2) is 7.17. The number of imidazole rings is 1. The van der Waals surface area contributed by atoms with E-state index in [2.05, 4.69) is 15.3 Å². The number of benzene rings is 1. The van der Waals surface area contributed by atoms with Crippen molar-refractivity contribution in [2.75, 3.05) is 18.4 Å². The minimum absolute atomic E-state index is 0.109. The lowest BCUT2D eigenvalue weighted by molar-refractivity contribution is 0.0547. The summed E-state index contributed by atoms with van der Waals surface area (Å²) in [6.07, 6.45) is 6.22. The molecule has 7 nitrogen and oxygen atoms in total. The van der Waals surface area contributed by atoms with E-state index in [0.717, 1.165) is 17.0 Å². The fourth-order valence-electron chi connectivity index (χ4n) is 3.27. The quantitative estimate of drug-likeness (QED) is 0.724. The highest BCUT2D eigenvalue weighted by molar-refractivity contribution is 6.34. The molecule has 0 spiro atoms. The van der Waals surface area contributed by atoms with Gasteiger partial charge in [-0.2, -0.15) is 0 Å². The average molecular weight is 386 g/mol. The van der Waals surface area contributed by atoms with E-state index in [4.69, 9.17) is 11.6 Å². The molecule has 3 heterocycles. The van der Waals surface area contributed by atoms with Crippen LogP contribution >= 0.6 is 11.6 Å². The second-order valence-corrected chi connectivity index (χ2v) is 7.12. The van der Waals surface area contributed by atoms with Crippen molar-refractivity contribution in [1.29, 1.82) is 0 Å². The Hall–Kier alpha value is -2.64. The topological polar surface area (TPSA) is 82.8 Å². The maximum absolute atomic E-state index is 12.7. The molecule has 0 saturated carbocycles. The molecule has 1 aliphatic heterocycles. The zero-order valence-electron chi connectivity index (χ0n) is 14.9. The van der Waals surface area contributed by atoms with Crippen LogP contribution in [-0.4, -0.2) is 49.5 Å². The molecule has 27 heavy (non-hydrogen) atoms. The fraction of sp³-hybridized carbons (Fsp3) is 0.316. The molecule has 2 N–H and O–H groups in total. The van der Waals surface area contributed by atoms with Gasteiger partial charge < -0.3 is 15.3 Å². The normalized spacial score (nSPS) is 15.3. The average Bonchev–Trinajstić information content (AvgIpc) is 3.04. The van der Waals surface area contributed by atoms with Gasteiger partial charge in [-0.3, -0.25) is 9.20 Å². The maximum atomic E-state index is 12.7. The summed E-state index contributed by atoms with van der Waals surface area (Å²) in [5.74, 6) is 0.508. The molecule has 1 aromatic carbocycles. The predicted molar refractivity (Wildman–Crippen MR) is 104 cm³/mol. The highest BCUT2D eigenvalue weighted by atomic mass is 35.5. The van der Waals surface area contributed by atoms with Crippen LogP contribution in [0.25, 0.3) is 5.65 Å². The van der Waals surface area contributed by atoms with E-state index >= 15 is 0 Å². The van der Waals surface area contributed by atoms with Crippen molar-refractivity contribution < 1.29 is 9.90 Å². The highest BCUT2D eigenvalue weighted by Gasteiger charge is 2.24. The number of piperidine rings is 1. The summed E-state index contributed by atoms with van der Waals surface area (Å²) >= 11 is 6.38. The van der Waals surface area contributed by atoms with Crippen molar-refractivity contribution in [3.8, 4) is 0 Å². The molecule has 3 aromatic rings. The van der Waals surface area contributed by atoms with E-state index in [1.165, 1.54) is 0 Å². The molecule has 140 valence electrons. The third-order valence-electron chi connectivity index (χ3n) is 4.83. The standard InChI is InChI=1S/C19H20ClN5O2/c1-12-11-22-18-17(21-6-9-25(12)18)23-13-2-3-15(16(20)10-13)19(27)24-7-4-14(26)5-8-24/h2-3,6,9-11,14,26H,4-5,7-8H2,1H3,(H,21,23). The van der Waals surface area contributed by atoms with E-state index in [1.807, 2.05) is 17.5 Å². The number of nitrogens with zero attached hydrogens (tertiary/aromatic N) is 4. The Morgan fingerprint density at radius 1 is 1.30 bits per heavy atom. The summed E-state index contributed by atoms with van der Waals surface area (Å²) in [5, 5.41) is 13.2. The lowest BCUT2D eigenvalue weighted by Crippen LogP contribution is -2.40. The third kappa shape index (κ3) is 3.48. The van der Waals surface area contributed by atoms with E-state index in [0.29, 0.717) is 42.3 Å². The molecular weight excluding hydrogens is 366 g/mol. The van der Waals surface area contributed by atoms with Gasteiger partial charge in [0.05, 0.1) is 16.7 Å². The molecule has 4 rings (SSSR count). The van der Waals surface area contributed by atoms with Gasteiger partial charge in [0.1, 0.15) is 0 Å². The Bertz CT molecular complexity index is 995. The van der Waals surface area contributed by atoms with Gasteiger partial charge >= 0.3 is 0 Å². The van der Waals surface area contributed by atoms with Crippen LogP contribution in [0.3, 0.4) is 0 Å². The zero-order chi connectivity index (χ0) is 19.0. The third-order valence-corrected chi connectivity index (χ3v) is 5.14. The summed E-state index contributed by atoms with van der Waals surface area (Å²) in [4.78, 5) is 23.1. The zero-order valence-corrected chi connectivity index (χ0v) is 15.6. The predicted octanol–water partition coefficient (Wildman–Crippen LogP) is 3.03. The summed E-state index contributed by atoms with van der Waals surface area (Å²) in [7, 11) is 0. The van der Waals surface area contributed by atoms with Crippen molar-refractivity contribution in [1.82, 2.24) is 19.3 Å². The number of hydrogen-bond donors (Lipinski definition) is 2. The minimum atomic E-state index is -0.322. The van der Waals surface area contributed by atoms with E-state index in [9.17, 15) is 9.90 Å². The summed E-state index contributed by atoms with van der Waals surface area (Å²) in [6, 6.07) is 5.24. The van der Waals surface area contributed by atoms with Crippen molar-refractivity contribution in [3.05, 3.63) is 53.1 Å². The Morgan fingerprint density at radius 3 is 2.81 bits per heavy atom. The number of carbonyl (C=O) groups is 1. The van der Waals surface area contributed by atoms with Crippen molar-refractivity contribution in [2.24, 2.45) is 0 Å². The Labute approximate surface area is 161 Å². The minimum Gasteiger partial charge on any atom is -0.393 e. The first-order valence-corrected chi connectivity index (χ1v) is 9.23. The van der Waals surface area contributed by atoms with Crippen molar-refractivity contribution in [2.45, 2.75) is 25.9 Å². The van der Waals surface area contributed by atoms with Crippen LogP contribution in [0, 0.1) is 6.92 Å². The van der Waals surface area contributed by atoms with Crippen LogP contribution in [0.4, 0.5) is 11.5 Å². The van der Waals surface area contributed by atoms with Crippen LogP contribution in [0.1, 0.15) is 28.9 Å². The number of aromatic nitrogens is 3. The molecule has 1 saturated heterocycles. The van der Waals surface area contributed by atoms with Crippen LogP contribution in [0.5, 0.6) is 0 Å². The van der Waals surface area contributed by atoms with E-state index in [1.54, 1.807) is 35.5 Å². The highest BCUT2D eigenvalue weighted by Crippen LogP contribution is 2.26. The molecule has 8 heteroatoms. The lowest BCUT2D eigenvalue weighted by Gasteiger charge is -2.29. The first-order valence-electron chi connectivity index (χ1n) is 8.85. The van der Waals surface area contributed by atoms with E-state index < -0.39 is 0 Å². The number of likely N-dealkylation sites (tertiary alicyclic amines) is 1. The number of anilines is 2. The number of aliphatic hydroxyl groups is 1. The van der Waals surface area contributed by atoms with Gasteiger partial charge in [-0.1, -0.05) is 11.6 Å². The Morgan fingerprint density at radius 2 is 2.07 bits per heavy atom. The largest absolute Gasteiger partial charge is 0.393 e. The van der Waals surface area contributed by atoms with Gasteiger partial charge in [-0.25, -0.2) is 9.97 Å². The maximum Gasteiger partial charge on any atom is 0.255 e. The number of halogens is 1. The number of aryl methyl sites for hydroxylation is 1. The molecule has 1 amide bonds. The molecule has 0 radical (unpaired) electrons. The number of carbonyl (C=O) groups excluding carboxylic acids is 1. The van der Waals surface area contributed by atoms with Gasteiger partial charge in [0.25, 0.3) is 5.91 Å². The van der Waals surface area contributed by atoms with E-state index in [-0.39, 0.29) is 12.0 Å². The molecular formula is C19H20ClN5O2. The first-order chi connectivity index (χ1) is 13.0. The molecule has 0 unspecified atom stereocenters. The number of amides is 1. The van der Waals surface area contributed by atoms with Crippen molar-refractivity contribution in [3.63, 3.8) is 0 Å². The monoisotopic (exact) mass is 385 g/mol. The van der Waals surface area contributed by atoms with Gasteiger partial charge in [-0.05, 0) is 38.0 Å². The number of rotatable bonds is 3. The van der Waals surface area contributed by atoms with Gasteiger partial charge in [-0.15, -0.1) is 0 Å². The lowest BCUT2D eigenvalue weighted by atomic mass is 10.1. The summed E-state index contributed by atoms with van der Waals surface area (Å²) in [6.45, 7) is 3.06. The van der Waals surface area contributed by atoms with Gasteiger partial charge in [0, 0.05) is 43.1 Å². The molecule has 0 bridgehead atoms.